The Hall–Kier alpha value is -0.860. The lowest BCUT2D eigenvalue weighted by atomic mass is 10.2. The van der Waals surface area contributed by atoms with Gasteiger partial charge in [0.25, 0.3) is 10.0 Å². The Labute approximate surface area is 110 Å². The fraction of sp³-hybridized carbons (Fsp3) is 0.400. The zero-order chi connectivity index (χ0) is 13.5. The molecule has 1 aromatic carbocycles. The molecule has 1 aliphatic heterocycles. The maximum absolute atomic E-state index is 11.6. The van der Waals surface area contributed by atoms with Gasteiger partial charge >= 0.3 is 0 Å². The second kappa shape index (κ2) is 4.67. The number of anilines is 1. The molecule has 3 N–H and O–H groups in total. The van der Waals surface area contributed by atoms with Gasteiger partial charge in [-0.3, -0.25) is 0 Å². The van der Waals surface area contributed by atoms with Crippen molar-refractivity contribution in [1.29, 1.82) is 0 Å². The van der Waals surface area contributed by atoms with Gasteiger partial charge in [-0.25, -0.2) is 8.42 Å². The number of hydrogen-bond acceptors (Lipinski definition) is 5. The van der Waals surface area contributed by atoms with E-state index in [4.69, 9.17) is 16.8 Å². The zero-order valence-electron chi connectivity index (χ0n) is 9.59. The quantitative estimate of drug-likeness (QED) is 0.714. The molecule has 1 aliphatic rings. The fourth-order valence-electron chi connectivity index (χ4n) is 2.06. The van der Waals surface area contributed by atoms with E-state index >= 15 is 0 Å². The van der Waals surface area contributed by atoms with E-state index in [1.807, 2.05) is 0 Å². The molecule has 0 aromatic heterocycles. The van der Waals surface area contributed by atoms with Crippen LogP contribution in [0.3, 0.4) is 0 Å². The number of aliphatic hydroxyl groups is 1. The van der Waals surface area contributed by atoms with E-state index in [9.17, 15) is 13.5 Å². The van der Waals surface area contributed by atoms with Crippen LogP contribution in [0.5, 0.6) is 0 Å². The lowest BCUT2D eigenvalue weighted by Crippen LogP contribution is -2.31. The highest BCUT2D eigenvalue weighted by molar-refractivity contribution is 7.89. The summed E-state index contributed by atoms with van der Waals surface area (Å²) in [7, 11) is -4.03. The molecule has 0 aliphatic carbocycles. The maximum atomic E-state index is 11.6. The van der Waals surface area contributed by atoms with Crippen molar-refractivity contribution in [3.8, 4) is 0 Å². The van der Waals surface area contributed by atoms with E-state index in [1.54, 1.807) is 17.9 Å². The Morgan fingerprint density at radius 2 is 2.17 bits per heavy atom. The van der Waals surface area contributed by atoms with Crippen molar-refractivity contribution in [2.75, 3.05) is 11.4 Å². The molecule has 1 heterocycles. The van der Waals surface area contributed by atoms with Gasteiger partial charge in [-0.1, -0.05) is 16.5 Å². The van der Waals surface area contributed by atoms with Gasteiger partial charge in [-0.2, -0.15) is 0 Å². The molecule has 1 unspecified atom stereocenters. The van der Waals surface area contributed by atoms with Crippen molar-refractivity contribution < 1.29 is 18.7 Å². The minimum atomic E-state index is -4.03. The van der Waals surface area contributed by atoms with Gasteiger partial charge in [-0.15, -0.1) is 0 Å². The summed E-state index contributed by atoms with van der Waals surface area (Å²) in [5.41, 5.74) is 1.49. The average molecular weight is 293 g/mol. The molecule has 0 radical (unpaired) electrons. The molecule has 0 saturated carbocycles. The van der Waals surface area contributed by atoms with Crippen LogP contribution in [-0.4, -0.2) is 31.5 Å². The molecule has 0 spiro atoms. The summed E-state index contributed by atoms with van der Waals surface area (Å²) in [5.74, 6) is 0. The van der Waals surface area contributed by atoms with Crippen LogP contribution in [0.15, 0.2) is 17.0 Å². The predicted molar refractivity (Wildman–Crippen MR) is 66.3 cm³/mol. The second-order valence-corrected chi connectivity index (χ2v) is 6.12. The fourth-order valence-corrected chi connectivity index (χ4v) is 3.23. The van der Waals surface area contributed by atoms with E-state index in [0.717, 1.165) is 5.56 Å². The average Bonchev–Trinajstić information content (AvgIpc) is 2.70. The molecule has 1 atom stereocenters. The van der Waals surface area contributed by atoms with Crippen LogP contribution in [0.4, 0.5) is 5.69 Å². The van der Waals surface area contributed by atoms with E-state index in [2.05, 4.69) is 0 Å². The Kier molecular flexibility index (Phi) is 3.52. The second-order valence-electron chi connectivity index (χ2n) is 4.08. The Bertz CT molecular complexity index is 573. The minimum absolute atomic E-state index is 0.0442. The van der Waals surface area contributed by atoms with E-state index in [-0.39, 0.29) is 9.92 Å². The molecule has 0 fully saturated rings. The normalized spacial score (nSPS) is 16.8. The lowest BCUT2D eigenvalue weighted by molar-refractivity contribution is 0.191. The molecule has 0 saturated heterocycles. The zero-order valence-corrected chi connectivity index (χ0v) is 11.2. The molecule has 2 rings (SSSR count). The van der Waals surface area contributed by atoms with Crippen LogP contribution in [0.25, 0.3) is 0 Å². The number of halogens is 1. The highest BCUT2D eigenvalue weighted by atomic mass is 35.5. The molecule has 1 aromatic rings. The third-order valence-corrected chi connectivity index (χ3v) is 4.51. The van der Waals surface area contributed by atoms with Crippen molar-refractivity contribution in [3.05, 3.63) is 22.7 Å². The number of nitrogens with one attached hydrogen (secondary N) is 1. The molecule has 8 heteroatoms. The van der Waals surface area contributed by atoms with Crippen LogP contribution in [0.2, 0.25) is 5.02 Å². The van der Waals surface area contributed by atoms with Crippen LogP contribution < -0.4 is 9.79 Å². The van der Waals surface area contributed by atoms with Crippen LogP contribution in [0, 0.1) is 0 Å². The first-order chi connectivity index (χ1) is 8.36. The lowest BCUT2D eigenvalue weighted by Gasteiger charge is -2.23. The number of benzene rings is 1. The summed E-state index contributed by atoms with van der Waals surface area (Å²) in [4.78, 5) is 2.70. The molecular weight excluding hydrogens is 280 g/mol. The van der Waals surface area contributed by atoms with Crippen molar-refractivity contribution in [3.63, 3.8) is 0 Å². The summed E-state index contributed by atoms with van der Waals surface area (Å²) in [6.45, 7) is 2.20. The maximum Gasteiger partial charge on any atom is 0.263 e. The van der Waals surface area contributed by atoms with E-state index in [1.165, 1.54) is 11.0 Å². The third-order valence-electron chi connectivity index (χ3n) is 2.93. The topological polar surface area (TPSA) is 89.9 Å². The number of nitrogens with zero attached hydrogens (tertiary/aromatic N) is 1. The first-order valence-electron chi connectivity index (χ1n) is 5.30. The van der Waals surface area contributed by atoms with Crippen LogP contribution in [-0.2, 0) is 16.4 Å². The van der Waals surface area contributed by atoms with E-state index < -0.39 is 16.3 Å². The van der Waals surface area contributed by atoms with Gasteiger partial charge < -0.3 is 15.2 Å². The number of sulfonamides is 1. The van der Waals surface area contributed by atoms with Crippen molar-refractivity contribution in [1.82, 2.24) is 4.89 Å². The number of hydrogen-bond donors (Lipinski definition) is 3. The number of rotatable bonds is 3. The first-order valence-corrected chi connectivity index (χ1v) is 7.16. The molecule has 0 amide bonds. The highest BCUT2D eigenvalue weighted by Gasteiger charge is 2.27. The summed E-state index contributed by atoms with van der Waals surface area (Å²) >= 11 is 5.89. The Morgan fingerprint density at radius 1 is 1.50 bits per heavy atom. The van der Waals surface area contributed by atoms with Crippen molar-refractivity contribution >= 4 is 27.3 Å². The number of fused-ring (bicyclic) bond motifs is 1. The van der Waals surface area contributed by atoms with Gasteiger partial charge in [-0.05, 0) is 31.0 Å². The smallest absolute Gasteiger partial charge is 0.263 e. The van der Waals surface area contributed by atoms with Crippen molar-refractivity contribution in [2.24, 2.45) is 0 Å². The first kappa shape index (κ1) is 13.6. The number of aliphatic hydroxyl groups excluding tert-OH is 1. The third kappa shape index (κ3) is 2.19. The Balaban J connectivity index is 2.57. The van der Waals surface area contributed by atoms with Crippen LogP contribution in [0.1, 0.15) is 12.5 Å². The molecule has 6 nitrogen and oxygen atoms in total. The summed E-state index contributed by atoms with van der Waals surface area (Å²) in [6, 6.07) is 2.90. The standard InChI is InChI=1S/C10H13ClN2O4S/c1-6(14)13-3-2-7-4-8(11)10(5-9(7)13)18(16,17)12-15/h4-6,12,14-15H,2-3H2,1H3. The van der Waals surface area contributed by atoms with E-state index in [0.29, 0.717) is 18.7 Å². The molecule has 18 heavy (non-hydrogen) atoms. The van der Waals surface area contributed by atoms with Crippen LogP contribution >= 0.6 is 11.6 Å². The summed E-state index contributed by atoms with van der Waals surface area (Å²) in [5, 5.41) is 18.3. The van der Waals surface area contributed by atoms with Gasteiger partial charge in [0, 0.05) is 12.2 Å². The summed E-state index contributed by atoms with van der Waals surface area (Å²) in [6.07, 6.45) is -0.0302. The van der Waals surface area contributed by atoms with Gasteiger partial charge in [0.1, 0.15) is 11.1 Å². The molecular formula is C10H13ClN2O4S. The largest absolute Gasteiger partial charge is 0.374 e. The highest BCUT2D eigenvalue weighted by Crippen LogP contribution is 2.35. The summed E-state index contributed by atoms with van der Waals surface area (Å²) < 4.78 is 23.1. The molecule has 0 bridgehead atoms. The predicted octanol–water partition coefficient (Wildman–Crippen LogP) is 0.708. The SMILES string of the molecule is CC(O)N1CCc2cc(Cl)c(S(=O)(=O)NO)cc21. The molecule has 100 valence electrons. The minimum Gasteiger partial charge on any atom is -0.374 e. The Morgan fingerprint density at radius 3 is 2.72 bits per heavy atom. The van der Waals surface area contributed by atoms with Gasteiger partial charge in [0.2, 0.25) is 0 Å². The monoisotopic (exact) mass is 292 g/mol. The van der Waals surface area contributed by atoms with Gasteiger partial charge in [0.05, 0.1) is 5.02 Å². The van der Waals surface area contributed by atoms with Gasteiger partial charge in [0.15, 0.2) is 0 Å². The van der Waals surface area contributed by atoms with Crippen molar-refractivity contribution in [2.45, 2.75) is 24.5 Å².